The van der Waals surface area contributed by atoms with E-state index in [1.54, 1.807) is 11.8 Å². The van der Waals surface area contributed by atoms with E-state index >= 15 is 0 Å². The average Bonchev–Trinajstić information content (AvgIpc) is 2.74. The molecule has 1 unspecified atom stereocenters. The predicted molar refractivity (Wildman–Crippen MR) is 62.6 cm³/mol. The van der Waals surface area contributed by atoms with Gasteiger partial charge < -0.3 is 15.3 Å². The number of carbonyl (C=O) groups excluding carboxylic acids is 1. The second kappa shape index (κ2) is 4.64. The van der Waals surface area contributed by atoms with Gasteiger partial charge in [-0.05, 0) is 32.7 Å². The first-order valence-electron chi connectivity index (χ1n) is 6.28. The Morgan fingerprint density at radius 1 is 1.41 bits per heavy atom. The highest BCUT2D eigenvalue weighted by molar-refractivity contribution is 5.84. The number of carbonyl (C=O) groups is 2. The van der Waals surface area contributed by atoms with Crippen molar-refractivity contribution in [2.45, 2.75) is 38.6 Å². The molecule has 0 aromatic rings. The number of nitrogens with zero attached hydrogens (tertiary/aromatic N) is 1. The Morgan fingerprint density at radius 2 is 2.18 bits per heavy atom. The summed E-state index contributed by atoms with van der Waals surface area (Å²) in [6, 6.07) is -0.0973. The standard InChI is InChI=1S/C12H20N2O3/c1-12(11(16)17)5-7-14(8-12)10(15)9-4-2-3-6-13-9/h9,13H,2-8H2,1H3,(H,16,17)/t9-,12?/m1/s1. The first-order valence-corrected chi connectivity index (χ1v) is 6.28. The van der Waals surface area contributed by atoms with Gasteiger partial charge in [0, 0.05) is 13.1 Å². The Morgan fingerprint density at radius 3 is 2.71 bits per heavy atom. The number of piperidine rings is 1. The van der Waals surface area contributed by atoms with Crippen LogP contribution in [0.1, 0.15) is 32.6 Å². The molecule has 2 aliphatic heterocycles. The van der Waals surface area contributed by atoms with Crippen LogP contribution in [0, 0.1) is 5.41 Å². The molecule has 0 saturated carbocycles. The molecule has 2 heterocycles. The van der Waals surface area contributed by atoms with Crippen LogP contribution in [0.25, 0.3) is 0 Å². The van der Waals surface area contributed by atoms with Gasteiger partial charge in [0.05, 0.1) is 11.5 Å². The fourth-order valence-corrected chi connectivity index (χ4v) is 2.61. The largest absolute Gasteiger partial charge is 0.481 e. The van der Waals surface area contributed by atoms with Crippen LogP contribution in [-0.2, 0) is 9.59 Å². The summed E-state index contributed by atoms with van der Waals surface area (Å²) in [4.78, 5) is 25.0. The molecule has 0 radical (unpaired) electrons. The molecule has 2 rings (SSSR count). The SMILES string of the molecule is CC1(C(=O)O)CCN(C(=O)[C@H]2CCCCN2)C1. The molecule has 0 aromatic carbocycles. The van der Waals surface area contributed by atoms with E-state index in [-0.39, 0.29) is 11.9 Å². The van der Waals surface area contributed by atoms with Gasteiger partial charge in [-0.2, -0.15) is 0 Å². The molecule has 0 aliphatic carbocycles. The number of likely N-dealkylation sites (tertiary alicyclic amines) is 1. The second-order valence-electron chi connectivity index (χ2n) is 5.38. The molecule has 0 bridgehead atoms. The van der Waals surface area contributed by atoms with Crippen LogP contribution in [-0.4, -0.2) is 47.6 Å². The smallest absolute Gasteiger partial charge is 0.311 e. The van der Waals surface area contributed by atoms with Crippen molar-refractivity contribution in [2.24, 2.45) is 5.41 Å². The topological polar surface area (TPSA) is 69.6 Å². The molecule has 2 saturated heterocycles. The average molecular weight is 240 g/mol. The Kier molecular flexibility index (Phi) is 3.38. The molecule has 5 nitrogen and oxygen atoms in total. The molecule has 2 fully saturated rings. The zero-order valence-electron chi connectivity index (χ0n) is 10.2. The molecular weight excluding hydrogens is 220 g/mol. The molecule has 1 amide bonds. The van der Waals surface area contributed by atoms with Gasteiger partial charge in [-0.1, -0.05) is 6.42 Å². The van der Waals surface area contributed by atoms with E-state index in [2.05, 4.69) is 5.32 Å². The van der Waals surface area contributed by atoms with Crippen LogP contribution in [0.15, 0.2) is 0 Å². The van der Waals surface area contributed by atoms with Crippen LogP contribution in [0.5, 0.6) is 0 Å². The number of amides is 1. The number of hydrogen-bond donors (Lipinski definition) is 2. The highest BCUT2D eigenvalue weighted by Gasteiger charge is 2.43. The van der Waals surface area contributed by atoms with E-state index in [9.17, 15) is 9.59 Å². The number of hydrogen-bond acceptors (Lipinski definition) is 3. The first-order chi connectivity index (χ1) is 8.03. The van der Waals surface area contributed by atoms with Gasteiger partial charge in [-0.15, -0.1) is 0 Å². The molecular formula is C12H20N2O3. The maximum Gasteiger partial charge on any atom is 0.311 e. The van der Waals surface area contributed by atoms with Gasteiger partial charge in [0.2, 0.25) is 5.91 Å². The summed E-state index contributed by atoms with van der Waals surface area (Å²) in [5.41, 5.74) is -0.760. The van der Waals surface area contributed by atoms with Crippen LogP contribution in [0.3, 0.4) is 0 Å². The third-order valence-corrected chi connectivity index (χ3v) is 3.91. The number of rotatable bonds is 2. The third-order valence-electron chi connectivity index (χ3n) is 3.91. The first kappa shape index (κ1) is 12.4. The molecule has 5 heteroatoms. The summed E-state index contributed by atoms with van der Waals surface area (Å²) in [6.07, 6.45) is 3.63. The van der Waals surface area contributed by atoms with Gasteiger partial charge >= 0.3 is 5.97 Å². The summed E-state index contributed by atoms with van der Waals surface area (Å²) in [5, 5.41) is 12.3. The zero-order valence-corrected chi connectivity index (χ0v) is 10.2. The van der Waals surface area contributed by atoms with E-state index in [1.165, 1.54) is 0 Å². The van der Waals surface area contributed by atoms with Crippen molar-refractivity contribution in [3.05, 3.63) is 0 Å². The minimum absolute atomic E-state index is 0.0784. The van der Waals surface area contributed by atoms with Crippen molar-refractivity contribution in [2.75, 3.05) is 19.6 Å². The maximum atomic E-state index is 12.2. The molecule has 17 heavy (non-hydrogen) atoms. The van der Waals surface area contributed by atoms with E-state index in [0.717, 1.165) is 25.8 Å². The van der Waals surface area contributed by atoms with Gasteiger partial charge in [-0.3, -0.25) is 9.59 Å². The fraction of sp³-hybridized carbons (Fsp3) is 0.833. The highest BCUT2D eigenvalue weighted by atomic mass is 16.4. The van der Waals surface area contributed by atoms with Crippen LogP contribution in [0.2, 0.25) is 0 Å². The predicted octanol–water partition coefficient (Wildman–Crippen LogP) is 0.452. The van der Waals surface area contributed by atoms with E-state index in [0.29, 0.717) is 19.5 Å². The van der Waals surface area contributed by atoms with Gasteiger partial charge in [0.15, 0.2) is 0 Å². The summed E-state index contributed by atoms with van der Waals surface area (Å²) in [6.45, 7) is 3.52. The molecule has 0 aromatic heterocycles. The summed E-state index contributed by atoms with van der Waals surface area (Å²) in [7, 11) is 0. The molecule has 2 N–H and O–H groups in total. The molecule has 2 aliphatic rings. The Hall–Kier alpha value is -1.10. The van der Waals surface area contributed by atoms with Crippen LogP contribution in [0.4, 0.5) is 0 Å². The lowest BCUT2D eigenvalue weighted by Gasteiger charge is -2.28. The van der Waals surface area contributed by atoms with Crippen molar-refractivity contribution in [3.63, 3.8) is 0 Å². The van der Waals surface area contributed by atoms with Crippen LogP contribution >= 0.6 is 0 Å². The lowest BCUT2D eigenvalue weighted by atomic mass is 9.90. The number of aliphatic carboxylic acids is 1. The van der Waals surface area contributed by atoms with E-state index < -0.39 is 11.4 Å². The van der Waals surface area contributed by atoms with Crippen molar-refractivity contribution < 1.29 is 14.7 Å². The van der Waals surface area contributed by atoms with Crippen LogP contribution < -0.4 is 5.32 Å². The lowest BCUT2D eigenvalue weighted by Crippen LogP contribution is -2.48. The highest BCUT2D eigenvalue weighted by Crippen LogP contribution is 2.30. The molecule has 0 spiro atoms. The summed E-state index contributed by atoms with van der Waals surface area (Å²) < 4.78 is 0. The number of carboxylic acid groups (broad SMARTS) is 1. The Labute approximate surface area is 101 Å². The number of carboxylic acids is 1. The van der Waals surface area contributed by atoms with Crippen molar-refractivity contribution in [1.82, 2.24) is 10.2 Å². The van der Waals surface area contributed by atoms with Gasteiger partial charge in [-0.25, -0.2) is 0 Å². The zero-order chi connectivity index (χ0) is 12.5. The normalized spacial score (nSPS) is 33.7. The van der Waals surface area contributed by atoms with E-state index in [1.807, 2.05) is 0 Å². The Bertz CT molecular complexity index is 326. The summed E-state index contributed by atoms with van der Waals surface area (Å²) in [5.74, 6) is -0.723. The van der Waals surface area contributed by atoms with Gasteiger partial charge in [0.25, 0.3) is 0 Å². The number of nitrogens with one attached hydrogen (secondary N) is 1. The second-order valence-corrected chi connectivity index (χ2v) is 5.38. The Balaban J connectivity index is 1.95. The van der Waals surface area contributed by atoms with Crippen molar-refractivity contribution in [3.8, 4) is 0 Å². The summed E-state index contributed by atoms with van der Waals surface area (Å²) >= 11 is 0. The van der Waals surface area contributed by atoms with Gasteiger partial charge in [0.1, 0.15) is 0 Å². The minimum Gasteiger partial charge on any atom is -0.481 e. The fourth-order valence-electron chi connectivity index (χ4n) is 2.61. The molecule has 96 valence electrons. The van der Waals surface area contributed by atoms with E-state index in [4.69, 9.17) is 5.11 Å². The minimum atomic E-state index is -0.801. The maximum absolute atomic E-state index is 12.2. The molecule has 2 atom stereocenters. The lowest BCUT2D eigenvalue weighted by molar-refractivity contribution is -0.147. The quantitative estimate of drug-likeness (QED) is 0.735. The third kappa shape index (κ3) is 2.44. The van der Waals surface area contributed by atoms with Crippen molar-refractivity contribution in [1.29, 1.82) is 0 Å². The van der Waals surface area contributed by atoms with Crippen molar-refractivity contribution >= 4 is 11.9 Å². The monoisotopic (exact) mass is 240 g/mol.